The summed E-state index contributed by atoms with van der Waals surface area (Å²) < 4.78 is 6.74. The Morgan fingerprint density at radius 1 is 1.31 bits per heavy atom. The molecule has 0 fully saturated rings. The molecule has 0 saturated carbocycles. The lowest BCUT2D eigenvalue weighted by Crippen LogP contribution is -2.10. The molecule has 0 spiro atoms. The van der Waals surface area contributed by atoms with E-state index in [1.54, 1.807) is 43.4 Å². The van der Waals surface area contributed by atoms with E-state index in [1.807, 2.05) is 24.3 Å². The predicted octanol–water partition coefficient (Wildman–Crippen LogP) is 2.32. The van der Waals surface area contributed by atoms with Gasteiger partial charge in [0.2, 0.25) is 11.9 Å². The molecule has 0 aliphatic rings. The van der Waals surface area contributed by atoms with E-state index < -0.39 is 0 Å². The molecule has 0 atom stereocenters. The SMILES string of the molecule is C/C=C/C(=O)Nc1cccc(Cn2ncc3cnc(NC(C=NCCOC)=CN)nc32)c1. The Kier molecular flexibility index (Phi) is 8.04. The lowest BCUT2D eigenvalue weighted by Gasteiger charge is -2.08. The normalized spacial score (nSPS) is 12.1. The largest absolute Gasteiger partial charge is 0.403 e. The minimum absolute atomic E-state index is 0.174. The number of anilines is 2. The summed E-state index contributed by atoms with van der Waals surface area (Å²) in [5.41, 5.74) is 8.58. The first kappa shape index (κ1) is 22.6. The molecule has 0 saturated heterocycles. The van der Waals surface area contributed by atoms with Crippen LogP contribution < -0.4 is 16.4 Å². The average molecular weight is 435 g/mol. The Morgan fingerprint density at radius 2 is 2.19 bits per heavy atom. The summed E-state index contributed by atoms with van der Waals surface area (Å²) in [6, 6.07) is 7.59. The van der Waals surface area contributed by atoms with Crippen LogP contribution in [0.15, 0.2) is 65.7 Å². The number of hydrogen-bond acceptors (Lipinski definition) is 8. The van der Waals surface area contributed by atoms with E-state index in [2.05, 4.69) is 30.7 Å². The van der Waals surface area contributed by atoms with Crippen molar-refractivity contribution in [3.63, 3.8) is 0 Å². The van der Waals surface area contributed by atoms with Gasteiger partial charge in [0.05, 0.1) is 37.0 Å². The van der Waals surface area contributed by atoms with Gasteiger partial charge in [0.1, 0.15) is 0 Å². The number of nitrogens with zero attached hydrogens (tertiary/aromatic N) is 5. The van der Waals surface area contributed by atoms with Crippen molar-refractivity contribution in [3.05, 3.63) is 66.3 Å². The topological polar surface area (TPSA) is 132 Å². The summed E-state index contributed by atoms with van der Waals surface area (Å²) in [6.07, 6.45) is 9.58. The van der Waals surface area contributed by atoms with Crippen LogP contribution in [0.5, 0.6) is 0 Å². The molecule has 0 bridgehead atoms. The fourth-order valence-corrected chi connectivity index (χ4v) is 2.85. The molecule has 0 aliphatic carbocycles. The number of carbonyl (C=O) groups is 1. The van der Waals surface area contributed by atoms with Gasteiger partial charge in [-0.3, -0.25) is 9.79 Å². The lowest BCUT2D eigenvalue weighted by molar-refractivity contribution is -0.111. The Bertz CT molecular complexity index is 1150. The highest BCUT2D eigenvalue weighted by Gasteiger charge is 2.09. The van der Waals surface area contributed by atoms with Crippen molar-refractivity contribution in [2.45, 2.75) is 13.5 Å². The number of rotatable bonds is 10. The van der Waals surface area contributed by atoms with Gasteiger partial charge in [-0.2, -0.15) is 10.1 Å². The third-order valence-corrected chi connectivity index (χ3v) is 4.31. The quantitative estimate of drug-likeness (QED) is 0.253. The molecule has 1 aromatic carbocycles. The summed E-state index contributed by atoms with van der Waals surface area (Å²) in [5.74, 6) is 0.202. The van der Waals surface area contributed by atoms with Crippen LogP contribution >= 0.6 is 0 Å². The monoisotopic (exact) mass is 434 g/mol. The molecule has 0 aliphatic heterocycles. The average Bonchev–Trinajstić information content (AvgIpc) is 3.18. The molecule has 2 aromatic heterocycles. The number of nitrogens with one attached hydrogen (secondary N) is 2. The minimum Gasteiger partial charge on any atom is -0.403 e. The van der Waals surface area contributed by atoms with Crippen LogP contribution in [0.1, 0.15) is 12.5 Å². The maximum atomic E-state index is 11.8. The molecule has 3 aromatic rings. The third-order valence-electron chi connectivity index (χ3n) is 4.31. The van der Waals surface area contributed by atoms with Crippen molar-refractivity contribution in [2.24, 2.45) is 10.7 Å². The number of allylic oxidation sites excluding steroid dienone is 2. The zero-order valence-corrected chi connectivity index (χ0v) is 18.0. The first-order chi connectivity index (χ1) is 15.6. The van der Waals surface area contributed by atoms with Crippen LogP contribution in [0.3, 0.4) is 0 Å². The molecule has 166 valence electrons. The number of methoxy groups -OCH3 is 1. The molecule has 3 rings (SSSR count). The number of aliphatic imine (C=N–C) groups is 1. The molecular weight excluding hydrogens is 408 g/mol. The third kappa shape index (κ3) is 6.22. The molecule has 10 heteroatoms. The van der Waals surface area contributed by atoms with Crippen LogP contribution in [-0.2, 0) is 16.1 Å². The number of ether oxygens (including phenoxy) is 1. The van der Waals surface area contributed by atoms with Gasteiger partial charge in [-0.05, 0) is 30.7 Å². The van der Waals surface area contributed by atoms with E-state index >= 15 is 0 Å². The number of carbonyl (C=O) groups excluding carboxylic acids is 1. The first-order valence-corrected chi connectivity index (χ1v) is 10.0. The molecule has 2 heterocycles. The van der Waals surface area contributed by atoms with E-state index in [0.717, 1.165) is 10.9 Å². The Morgan fingerprint density at radius 3 is 2.97 bits per heavy atom. The standard InChI is InChI=1S/C22H26N8O2/c1-3-5-20(31)27-18-7-4-6-16(10-18)15-30-21-17(13-26-30)12-25-22(29-21)28-19(11-23)14-24-8-9-32-2/h3-7,10-14H,8-9,15,23H2,1-2H3,(H,27,31)(H,25,28,29)/b5-3+,19-11?,24-14?. The molecule has 32 heavy (non-hydrogen) atoms. The van der Waals surface area contributed by atoms with Crippen molar-refractivity contribution in [1.82, 2.24) is 19.7 Å². The van der Waals surface area contributed by atoms with Gasteiger partial charge in [-0.15, -0.1) is 0 Å². The zero-order valence-electron chi connectivity index (χ0n) is 18.0. The van der Waals surface area contributed by atoms with Crippen LogP contribution in [0, 0.1) is 0 Å². The Balaban J connectivity index is 1.76. The summed E-state index contributed by atoms with van der Waals surface area (Å²) in [6.45, 7) is 3.32. The second kappa shape index (κ2) is 11.4. The number of benzene rings is 1. The maximum absolute atomic E-state index is 11.8. The highest BCUT2D eigenvalue weighted by molar-refractivity contribution is 5.99. The van der Waals surface area contributed by atoms with E-state index in [4.69, 9.17) is 10.5 Å². The van der Waals surface area contributed by atoms with Crippen LogP contribution in [0.25, 0.3) is 11.0 Å². The summed E-state index contributed by atoms with van der Waals surface area (Å²) in [4.78, 5) is 24.9. The Labute approximate surface area is 185 Å². The summed E-state index contributed by atoms with van der Waals surface area (Å²) in [7, 11) is 1.62. The zero-order chi connectivity index (χ0) is 22.8. The highest BCUT2D eigenvalue weighted by atomic mass is 16.5. The van der Waals surface area contributed by atoms with E-state index in [1.165, 1.54) is 12.3 Å². The highest BCUT2D eigenvalue weighted by Crippen LogP contribution is 2.17. The van der Waals surface area contributed by atoms with Gasteiger partial charge >= 0.3 is 0 Å². The van der Waals surface area contributed by atoms with Crippen molar-refractivity contribution in [1.29, 1.82) is 0 Å². The number of hydrogen-bond donors (Lipinski definition) is 3. The van der Waals surface area contributed by atoms with E-state index in [9.17, 15) is 4.79 Å². The fourth-order valence-electron chi connectivity index (χ4n) is 2.85. The molecule has 1 amide bonds. The van der Waals surface area contributed by atoms with Gasteiger partial charge in [0.15, 0.2) is 5.65 Å². The number of nitrogens with two attached hydrogens (primary N) is 1. The van der Waals surface area contributed by atoms with Gasteiger partial charge in [0, 0.05) is 31.4 Å². The van der Waals surface area contributed by atoms with E-state index in [-0.39, 0.29) is 5.91 Å². The van der Waals surface area contributed by atoms with Crippen molar-refractivity contribution < 1.29 is 9.53 Å². The molecular formula is C22H26N8O2. The minimum atomic E-state index is -0.174. The predicted molar refractivity (Wildman–Crippen MR) is 125 cm³/mol. The summed E-state index contributed by atoms with van der Waals surface area (Å²) >= 11 is 0. The van der Waals surface area contributed by atoms with Gasteiger partial charge < -0.3 is 21.1 Å². The van der Waals surface area contributed by atoms with Gasteiger partial charge in [-0.25, -0.2) is 9.67 Å². The second-order valence-corrected chi connectivity index (χ2v) is 6.74. The number of aromatic nitrogens is 4. The Hall–Kier alpha value is -4.05. The van der Waals surface area contributed by atoms with Crippen molar-refractivity contribution >= 4 is 34.8 Å². The first-order valence-electron chi connectivity index (χ1n) is 10.0. The van der Waals surface area contributed by atoms with Crippen LogP contribution in [0.4, 0.5) is 11.6 Å². The van der Waals surface area contributed by atoms with Gasteiger partial charge in [-0.1, -0.05) is 18.2 Å². The van der Waals surface area contributed by atoms with Crippen molar-refractivity contribution in [2.75, 3.05) is 30.9 Å². The molecule has 0 unspecified atom stereocenters. The number of fused-ring (bicyclic) bond motifs is 1. The fraction of sp³-hybridized carbons (Fsp3) is 0.227. The molecule has 4 N–H and O–H groups in total. The molecule has 10 nitrogen and oxygen atoms in total. The van der Waals surface area contributed by atoms with E-state index in [0.29, 0.717) is 42.7 Å². The van der Waals surface area contributed by atoms with Gasteiger partial charge in [0.25, 0.3) is 0 Å². The van der Waals surface area contributed by atoms with Crippen molar-refractivity contribution in [3.8, 4) is 0 Å². The van der Waals surface area contributed by atoms with Crippen LogP contribution in [-0.4, -0.2) is 52.1 Å². The smallest absolute Gasteiger partial charge is 0.248 e. The number of amides is 1. The van der Waals surface area contributed by atoms with Crippen LogP contribution in [0.2, 0.25) is 0 Å². The second-order valence-electron chi connectivity index (χ2n) is 6.74. The molecule has 0 radical (unpaired) electrons. The maximum Gasteiger partial charge on any atom is 0.248 e. The summed E-state index contributed by atoms with van der Waals surface area (Å²) in [5, 5.41) is 11.1. The lowest BCUT2D eigenvalue weighted by atomic mass is 10.2.